The fourth-order valence-electron chi connectivity index (χ4n) is 3.84. The third-order valence-corrected chi connectivity index (χ3v) is 5.22. The summed E-state index contributed by atoms with van der Waals surface area (Å²) in [5.41, 5.74) is 10.8. The van der Waals surface area contributed by atoms with Crippen LogP contribution in [0.15, 0.2) is 60.7 Å². The molecule has 0 unspecified atom stereocenters. The Hall–Kier alpha value is -3.60. The second-order valence-electron chi connectivity index (χ2n) is 6.98. The molecule has 0 aliphatic rings. The van der Waals surface area contributed by atoms with Crippen LogP contribution in [-0.4, -0.2) is 21.6 Å². The number of primary amides is 1. The second-order valence-corrected chi connectivity index (χ2v) is 6.98. The number of nitrogens with two attached hydrogens (primary N) is 1. The lowest BCUT2D eigenvalue weighted by molar-refractivity contribution is -0.136. The molecule has 140 valence electrons. The first kappa shape index (κ1) is 17.8. The molecule has 0 aliphatic carbocycles. The van der Waals surface area contributed by atoms with E-state index in [4.69, 9.17) is 5.73 Å². The Balaban J connectivity index is 1.91. The van der Waals surface area contributed by atoms with E-state index in [2.05, 4.69) is 16.7 Å². The standard InChI is InChI=1S/C23H20N2O3/c1-14-17(12-21(26)27)10-11-19-18-4-2-3-5-20(18)25(22(14)19)13-15-6-8-16(9-7-15)23(24)28/h2-11H,12-13H2,1H3,(H2,24,28)(H,26,27). The molecule has 0 saturated carbocycles. The van der Waals surface area contributed by atoms with E-state index in [1.54, 1.807) is 12.1 Å². The van der Waals surface area contributed by atoms with Crippen LogP contribution in [0.1, 0.15) is 27.0 Å². The van der Waals surface area contributed by atoms with E-state index >= 15 is 0 Å². The lowest BCUT2D eigenvalue weighted by Gasteiger charge is -2.12. The summed E-state index contributed by atoms with van der Waals surface area (Å²) < 4.78 is 2.21. The van der Waals surface area contributed by atoms with Crippen LogP contribution in [-0.2, 0) is 17.8 Å². The molecule has 1 aromatic heterocycles. The summed E-state index contributed by atoms with van der Waals surface area (Å²) in [5, 5.41) is 11.5. The van der Waals surface area contributed by atoms with E-state index in [1.165, 1.54) is 0 Å². The highest BCUT2D eigenvalue weighted by atomic mass is 16.4. The number of aromatic nitrogens is 1. The first-order valence-electron chi connectivity index (χ1n) is 9.05. The Kier molecular flexibility index (Phi) is 4.35. The highest BCUT2D eigenvalue weighted by Gasteiger charge is 2.16. The number of carboxylic acid groups (broad SMARTS) is 1. The predicted octanol–water partition coefficient (Wildman–Crippen LogP) is 3.88. The number of carbonyl (C=O) groups is 2. The van der Waals surface area contributed by atoms with Crippen LogP contribution in [0.2, 0.25) is 0 Å². The Morgan fingerprint density at radius 3 is 2.36 bits per heavy atom. The van der Waals surface area contributed by atoms with Crippen LogP contribution in [0.5, 0.6) is 0 Å². The first-order valence-corrected chi connectivity index (χ1v) is 9.05. The molecule has 4 rings (SSSR count). The van der Waals surface area contributed by atoms with E-state index in [1.807, 2.05) is 43.3 Å². The number of hydrogen-bond donors (Lipinski definition) is 2. The van der Waals surface area contributed by atoms with Crippen molar-refractivity contribution in [3.63, 3.8) is 0 Å². The molecule has 0 aliphatic heterocycles. The van der Waals surface area contributed by atoms with Gasteiger partial charge in [0.25, 0.3) is 0 Å². The monoisotopic (exact) mass is 372 g/mol. The van der Waals surface area contributed by atoms with Gasteiger partial charge in [0.2, 0.25) is 5.91 Å². The van der Waals surface area contributed by atoms with E-state index in [0.29, 0.717) is 12.1 Å². The molecule has 3 aromatic carbocycles. The number of carbonyl (C=O) groups excluding carboxylic acids is 1. The first-order chi connectivity index (χ1) is 13.5. The normalized spacial score (nSPS) is 11.2. The molecule has 4 aromatic rings. The average Bonchev–Trinajstić information content (AvgIpc) is 2.99. The molecule has 0 atom stereocenters. The molecule has 28 heavy (non-hydrogen) atoms. The molecule has 0 radical (unpaired) electrons. The highest BCUT2D eigenvalue weighted by Crippen LogP contribution is 2.33. The fraction of sp³-hybridized carbons (Fsp3) is 0.130. The number of benzene rings is 3. The SMILES string of the molecule is Cc1c(CC(=O)O)ccc2c3ccccc3n(Cc3ccc(C(N)=O)cc3)c12. The van der Waals surface area contributed by atoms with Crippen LogP contribution in [0, 0.1) is 6.92 Å². The average molecular weight is 372 g/mol. The maximum atomic E-state index is 11.3. The summed E-state index contributed by atoms with van der Waals surface area (Å²) in [7, 11) is 0. The predicted molar refractivity (Wildman–Crippen MR) is 110 cm³/mol. The second kappa shape index (κ2) is 6.85. The number of rotatable bonds is 5. The fourth-order valence-corrected chi connectivity index (χ4v) is 3.84. The quantitative estimate of drug-likeness (QED) is 0.557. The van der Waals surface area contributed by atoms with Gasteiger partial charge in [0.15, 0.2) is 0 Å². The molecule has 5 heteroatoms. The lowest BCUT2D eigenvalue weighted by atomic mass is 10.0. The van der Waals surface area contributed by atoms with E-state index < -0.39 is 11.9 Å². The van der Waals surface area contributed by atoms with Gasteiger partial charge in [-0.05, 0) is 41.8 Å². The Labute approximate surface area is 162 Å². The lowest BCUT2D eigenvalue weighted by Crippen LogP contribution is -2.11. The van der Waals surface area contributed by atoms with Crippen molar-refractivity contribution in [2.45, 2.75) is 19.9 Å². The van der Waals surface area contributed by atoms with Crippen molar-refractivity contribution in [2.75, 3.05) is 0 Å². The molecule has 0 saturated heterocycles. The van der Waals surface area contributed by atoms with Crippen LogP contribution < -0.4 is 5.73 Å². The van der Waals surface area contributed by atoms with Gasteiger partial charge in [-0.15, -0.1) is 0 Å². The van der Waals surface area contributed by atoms with Gasteiger partial charge in [0.05, 0.1) is 11.9 Å². The molecule has 0 bridgehead atoms. The molecule has 0 fully saturated rings. The van der Waals surface area contributed by atoms with Gasteiger partial charge in [0.1, 0.15) is 0 Å². The molecule has 1 amide bonds. The van der Waals surface area contributed by atoms with Crippen LogP contribution in [0.3, 0.4) is 0 Å². The minimum absolute atomic E-state index is 0.00337. The summed E-state index contributed by atoms with van der Waals surface area (Å²) in [6.45, 7) is 2.59. The Bertz CT molecular complexity index is 1220. The topological polar surface area (TPSA) is 85.3 Å². The van der Waals surface area contributed by atoms with E-state index in [0.717, 1.165) is 38.5 Å². The van der Waals surface area contributed by atoms with Crippen molar-refractivity contribution in [3.05, 3.63) is 82.9 Å². The molecule has 3 N–H and O–H groups in total. The number of aliphatic carboxylic acids is 1. The Morgan fingerprint density at radius 1 is 0.964 bits per heavy atom. The number of nitrogens with zero attached hydrogens (tertiary/aromatic N) is 1. The maximum Gasteiger partial charge on any atom is 0.307 e. The highest BCUT2D eigenvalue weighted by molar-refractivity contribution is 6.09. The zero-order chi connectivity index (χ0) is 19.8. The number of aryl methyl sites for hydroxylation is 1. The maximum absolute atomic E-state index is 11.3. The molecular formula is C23H20N2O3. The smallest absolute Gasteiger partial charge is 0.307 e. The van der Waals surface area contributed by atoms with Gasteiger partial charge >= 0.3 is 5.97 Å². The molecule has 1 heterocycles. The van der Waals surface area contributed by atoms with Crippen LogP contribution in [0.25, 0.3) is 21.8 Å². The largest absolute Gasteiger partial charge is 0.481 e. The van der Waals surface area contributed by atoms with Gasteiger partial charge in [0, 0.05) is 28.4 Å². The summed E-state index contributed by atoms with van der Waals surface area (Å²) in [4.78, 5) is 22.6. The third kappa shape index (κ3) is 3.01. The summed E-state index contributed by atoms with van der Waals surface area (Å²) in [6, 6.07) is 19.3. The van der Waals surface area contributed by atoms with Crippen LogP contribution >= 0.6 is 0 Å². The van der Waals surface area contributed by atoms with Crippen molar-refractivity contribution in [1.29, 1.82) is 0 Å². The van der Waals surface area contributed by atoms with Crippen molar-refractivity contribution < 1.29 is 14.7 Å². The van der Waals surface area contributed by atoms with E-state index in [9.17, 15) is 14.7 Å². The van der Waals surface area contributed by atoms with Gasteiger partial charge in [-0.1, -0.05) is 42.5 Å². The number of amides is 1. The zero-order valence-corrected chi connectivity index (χ0v) is 15.5. The molecule has 0 spiro atoms. The number of hydrogen-bond acceptors (Lipinski definition) is 2. The minimum atomic E-state index is -0.841. The van der Waals surface area contributed by atoms with Gasteiger partial charge in [-0.2, -0.15) is 0 Å². The van der Waals surface area contributed by atoms with E-state index in [-0.39, 0.29) is 6.42 Å². The van der Waals surface area contributed by atoms with Crippen molar-refractivity contribution in [3.8, 4) is 0 Å². The van der Waals surface area contributed by atoms with Gasteiger partial charge in [-0.3, -0.25) is 9.59 Å². The zero-order valence-electron chi connectivity index (χ0n) is 15.5. The van der Waals surface area contributed by atoms with Crippen molar-refractivity contribution >= 4 is 33.7 Å². The molecule has 5 nitrogen and oxygen atoms in total. The minimum Gasteiger partial charge on any atom is -0.481 e. The van der Waals surface area contributed by atoms with Crippen LogP contribution in [0.4, 0.5) is 0 Å². The van der Waals surface area contributed by atoms with Crippen molar-refractivity contribution in [2.24, 2.45) is 5.73 Å². The van der Waals surface area contributed by atoms with Crippen molar-refractivity contribution in [1.82, 2.24) is 4.57 Å². The van der Waals surface area contributed by atoms with Gasteiger partial charge < -0.3 is 15.4 Å². The summed E-state index contributed by atoms with van der Waals surface area (Å²) in [5.74, 6) is -1.29. The third-order valence-electron chi connectivity index (χ3n) is 5.22. The van der Waals surface area contributed by atoms with Gasteiger partial charge in [-0.25, -0.2) is 0 Å². The number of carboxylic acids is 1. The number of para-hydroxylation sites is 1. The summed E-state index contributed by atoms with van der Waals surface area (Å²) in [6.07, 6.45) is -0.00337. The summed E-state index contributed by atoms with van der Waals surface area (Å²) >= 11 is 0. The molecular weight excluding hydrogens is 352 g/mol. The Morgan fingerprint density at radius 2 is 1.68 bits per heavy atom. The number of fused-ring (bicyclic) bond motifs is 3.